The highest BCUT2D eigenvalue weighted by molar-refractivity contribution is 7.98. The van der Waals surface area contributed by atoms with Crippen LogP contribution in [0.4, 0.5) is 0 Å². The monoisotopic (exact) mass is 523 g/mol. The lowest BCUT2D eigenvalue weighted by atomic mass is 10.1. The molecule has 2 atom stereocenters. The van der Waals surface area contributed by atoms with Crippen molar-refractivity contribution in [2.75, 3.05) is 26.5 Å². The van der Waals surface area contributed by atoms with Gasteiger partial charge in [-0.05, 0) is 66.1 Å². The predicted molar refractivity (Wildman–Crippen MR) is 149 cm³/mol. The van der Waals surface area contributed by atoms with Crippen LogP contribution < -0.4 is 15.4 Å². The molecule has 1 aliphatic heterocycles. The van der Waals surface area contributed by atoms with E-state index in [4.69, 9.17) is 16.3 Å². The van der Waals surface area contributed by atoms with Crippen LogP contribution in [0.5, 0.6) is 5.75 Å². The van der Waals surface area contributed by atoms with E-state index in [1.165, 1.54) is 16.0 Å². The van der Waals surface area contributed by atoms with Crippen LogP contribution in [0.1, 0.15) is 23.1 Å². The van der Waals surface area contributed by atoms with E-state index in [1.54, 1.807) is 18.9 Å². The highest BCUT2D eigenvalue weighted by atomic mass is 35.5. The minimum absolute atomic E-state index is 0.0801. The maximum atomic E-state index is 13.3. The minimum Gasteiger partial charge on any atom is -0.497 e. The molecule has 0 bridgehead atoms. The molecule has 4 rings (SSSR count). The van der Waals surface area contributed by atoms with Gasteiger partial charge in [0.15, 0.2) is 0 Å². The third kappa shape index (κ3) is 7.26. The summed E-state index contributed by atoms with van der Waals surface area (Å²) in [7, 11) is 1.67. The molecular formula is C29H34ClN3O2S. The first-order valence-corrected chi connectivity index (χ1v) is 13.9. The first-order valence-electron chi connectivity index (χ1n) is 12.3. The Morgan fingerprint density at radius 1 is 1.06 bits per heavy atom. The maximum absolute atomic E-state index is 13.3. The van der Waals surface area contributed by atoms with Crippen LogP contribution in [0, 0.1) is 0 Å². The summed E-state index contributed by atoms with van der Waals surface area (Å²) in [5.41, 5.74) is 3.46. The molecule has 1 saturated heterocycles. The van der Waals surface area contributed by atoms with E-state index < -0.39 is 0 Å². The van der Waals surface area contributed by atoms with Gasteiger partial charge in [-0.3, -0.25) is 9.69 Å². The van der Waals surface area contributed by atoms with Gasteiger partial charge in [-0.15, -0.1) is 11.8 Å². The van der Waals surface area contributed by atoms with Crippen LogP contribution >= 0.6 is 23.4 Å². The number of amides is 1. The molecule has 1 amide bonds. The van der Waals surface area contributed by atoms with E-state index in [2.05, 4.69) is 58.2 Å². The van der Waals surface area contributed by atoms with Crippen LogP contribution in [0.3, 0.4) is 0 Å². The molecule has 36 heavy (non-hydrogen) atoms. The lowest BCUT2D eigenvalue weighted by molar-refractivity contribution is -0.125. The molecule has 5 nitrogen and oxygen atoms in total. The predicted octanol–water partition coefficient (Wildman–Crippen LogP) is 5.16. The van der Waals surface area contributed by atoms with E-state index in [0.29, 0.717) is 13.1 Å². The van der Waals surface area contributed by atoms with E-state index in [9.17, 15) is 4.79 Å². The van der Waals surface area contributed by atoms with Gasteiger partial charge < -0.3 is 15.4 Å². The number of hydrogen-bond donors (Lipinski definition) is 2. The summed E-state index contributed by atoms with van der Waals surface area (Å²) in [4.78, 5) is 16.8. The second-order valence-corrected chi connectivity index (χ2v) is 10.4. The minimum atomic E-state index is -0.200. The van der Waals surface area contributed by atoms with Crippen molar-refractivity contribution in [3.8, 4) is 5.75 Å². The number of halogens is 1. The molecule has 3 aromatic rings. The summed E-state index contributed by atoms with van der Waals surface area (Å²) in [5.74, 6) is 0.930. The molecule has 3 aromatic carbocycles. The number of methoxy groups -OCH3 is 1. The number of rotatable bonds is 11. The zero-order valence-electron chi connectivity index (χ0n) is 20.9. The third-order valence-corrected chi connectivity index (χ3v) is 7.78. The standard InChI is InChI=1S/C29H34ClN3O2S/c1-35-25-11-7-22(8-12-25)18-32-24-17-28(33(20-24)19-23-5-3-4-6-27(23)30)29(34)31-16-15-21-9-13-26(36-2)14-10-21/h3-14,24,28,32H,15-20H2,1-2H3,(H,31,34)/t24-,28-/m0/s1. The lowest BCUT2D eigenvalue weighted by Crippen LogP contribution is -2.43. The molecule has 0 spiro atoms. The van der Waals surface area contributed by atoms with Gasteiger partial charge in [0.2, 0.25) is 5.91 Å². The average Bonchev–Trinajstić information content (AvgIpc) is 3.32. The molecular weight excluding hydrogens is 490 g/mol. The fourth-order valence-electron chi connectivity index (χ4n) is 4.59. The van der Waals surface area contributed by atoms with Crippen LogP contribution in [0.15, 0.2) is 77.7 Å². The molecule has 1 fully saturated rings. The Hall–Kier alpha value is -2.51. The number of nitrogens with one attached hydrogen (secondary N) is 2. The van der Waals surface area contributed by atoms with Crippen molar-refractivity contribution in [2.45, 2.75) is 42.9 Å². The Balaban J connectivity index is 1.37. The summed E-state index contributed by atoms with van der Waals surface area (Å²) in [5, 5.41) is 7.56. The van der Waals surface area contributed by atoms with Crippen molar-refractivity contribution in [3.05, 3.63) is 94.5 Å². The molecule has 0 saturated carbocycles. The van der Waals surface area contributed by atoms with Crippen molar-refractivity contribution in [3.63, 3.8) is 0 Å². The molecule has 1 heterocycles. The fourth-order valence-corrected chi connectivity index (χ4v) is 5.19. The smallest absolute Gasteiger partial charge is 0.237 e. The summed E-state index contributed by atoms with van der Waals surface area (Å²) in [6.45, 7) is 2.80. The van der Waals surface area contributed by atoms with Gasteiger partial charge in [0.05, 0.1) is 13.2 Å². The Bertz CT molecular complexity index is 1120. The van der Waals surface area contributed by atoms with E-state index in [1.807, 2.05) is 36.4 Å². The highest BCUT2D eigenvalue weighted by Gasteiger charge is 2.36. The quantitative estimate of drug-likeness (QED) is 0.340. The van der Waals surface area contributed by atoms with E-state index >= 15 is 0 Å². The Morgan fingerprint density at radius 3 is 2.47 bits per heavy atom. The van der Waals surface area contributed by atoms with E-state index in [0.717, 1.165) is 42.3 Å². The van der Waals surface area contributed by atoms with Crippen molar-refractivity contribution >= 4 is 29.3 Å². The number of nitrogens with zero attached hydrogens (tertiary/aromatic N) is 1. The molecule has 0 radical (unpaired) electrons. The molecule has 0 aliphatic carbocycles. The van der Waals surface area contributed by atoms with Crippen LogP contribution in [0.2, 0.25) is 5.02 Å². The van der Waals surface area contributed by atoms with Crippen molar-refractivity contribution in [2.24, 2.45) is 0 Å². The van der Waals surface area contributed by atoms with Crippen LogP contribution in [0.25, 0.3) is 0 Å². The number of benzene rings is 3. The zero-order valence-corrected chi connectivity index (χ0v) is 22.4. The van der Waals surface area contributed by atoms with Gasteiger partial charge in [-0.2, -0.15) is 0 Å². The zero-order chi connectivity index (χ0) is 25.3. The van der Waals surface area contributed by atoms with Gasteiger partial charge in [-0.1, -0.05) is 54.1 Å². The number of ether oxygens (including phenoxy) is 1. The Kier molecular flexibility index (Phi) is 9.70. The molecule has 0 unspecified atom stereocenters. The molecule has 0 aromatic heterocycles. The van der Waals surface area contributed by atoms with Crippen molar-refractivity contribution < 1.29 is 9.53 Å². The largest absolute Gasteiger partial charge is 0.497 e. The Morgan fingerprint density at radius 2 is 1.78 bits per heavy atom. The van der Waals surface area contributed by atoms with Crippen molar-refractivity contribution in [1.82, 2.24) is 15.5 Å². The summed E-state index contributed by atoms with van der Waals surface area (Å²) in [6.07, 6.45) is 3.65. The highest BCUT2D eigenvalue weighted by Crippen LogP contribution is 2.25. The molecule has 1 aliphatic rings. The SMILES string of the molecule is COc1ccc(CN[C@H]2C[C@@H](C(=O)NCCc3ccc(SC)cc3)N(Cc3ccccc3Cl)C2)cc1. The first kappa shape index (κ1) is 26.6. The van der Waals surface area contributed by atoms with Gasteiger partial charge in [0.1, 0.15) is 5.75 Å². The second kappa shape index (κ2) is 13.2. The fraction of sp³-hybridized carbons (Fsp3) is 0.345. The summed E-state index contributed by atoms with van der Waals surface area (Å²) < 4.78 is 5.26. The molecule has 2 N–H and O–H groups in total. The molecule has 190 valence electrons. The average molecular weight is 524 g/mol. The summed E-state index contributed by atoms with van der Waals surface area (Å²) in [6, 6.07) is 24.5. The summed E-state index contributed by atoms with van der Waals surface area (Å²) >= 11 is 8.18. The maximum Gasteiger partial charge on any atom is 0.237 e. The van der Waals surface area contributed by atoms with Gasteiger partial charge in [0, 0.05) is 42.1 Å². The van der Waals surface area contributed by atoms with Crippen LogP contribution in [-0.2, 0) is 24.3 Å². The van der Waals surface area contributed by atoms with Crippen molar-refractivity contribution in [1.29, 1.82) is 0 Å². The number of hydrogen-bond acceptors (Lipinski definition) is 5. The van der Waals surface area contributed by atoms with Gasteiger partial charge >= 0.3 is 0 Å². The number of thioether (sulfide) groups is 1. The normalized spacial score (nSPS) is 17.8. The van der Waals surface area contributed by atoms with Crippen LogP contribution in [-0.4, -0.2) is 49.3 Å². The Labute approximate surface area is 223 Å². The molecule has 7 heteroatoms. The number of carbonyl (C=O) groups is 1. The second-order valence-electron chi connectivity index (χ2n) is 9.09. The van der Waals surface area contributed by atoms with Gasteiger partial charge in [0.25, 0.3) is 0 Å². The lowest BCUT2D eigenvalue weighted by Gasteiger charge is -2.24. The number of carbonyl (C=O) groups excluding carboxylic acids is 1. The third-order valence-electron chi connectivity index (χ3n) is 6.66. The van der Waals surface area contributed by atoms with Gasteiger partial charge in [-0.25, -0.2) is 0 Å². The number of likely N-dealkylation sites (tertiary alicyclic amines) is 1. The van der Waals surface area contributed by atoms with E-state index in [-0.39, 0.29) is 18.0 Å². The first-order chi connectivity index (χ1) is 17.6. The topological polar surface area (TPSA) is 53.6 Å².